The number of hydrogen-bond acceptors (Lipinski definition) is 5. The third kappa shape index (κ3) is 4.51. The van der Waals surface area contributed by atoms with Gasteiger partial charge >= 0.3 is 5.97 Å². The summed E-state index contributed by atoms with van der Waals surface area (Å²) in [5, 5.41) is 0. The van der Waals surface area contributed by atoms with Crippen LogP contribution in [-0.4, -0.2) is 11.8 Å². The van der Waals surface area contributed by atoms with Gasteiger partial charge in [0.25, 0.3) is 0 Å². The monoisotopic (exact) mass is 390 g/mol. The molecule has 4 rings (SSSR count). The van der Waals surface area contributed by atoms with Crippen molar-refractivity contribution in [2.24, 2.45) is 0 Å². The summed E-state index contributed by atoms with van der Waals surface area (Å²) in [5.74, 6) is -0.219. The van der Waals surface area contributed by atoms with Crippen LogP contribution in [0.15, 0.2) is 72.8 Å². The minimum Gasteiger partial charge on any atom is -0.489 e. The van der Waals surface area contributed by atoms with Gasteiger partial charge in [-0.1, -0.05) is 60.7 Å². The number of ether oxygens (including phenoxy) is 4. The van der Waals surface area contributed by atoms with Crippen molar-refractivity contribution in [3.8, 4) is 17.2 Å². The smallest absolute Gasteiger partial charge is 0.349 e. The molecule has 0 N–H and O–H groups in total. The molecule has 0 fully saturated rings. The van der Waals surface area contributed by atoms with Gasteiger partial charge in [-0.05, 0) is 11.1 Å². The highest BCUT2D eigenvalue weighted by atomic mass is 16.7. The molecular weight excluding hydrogens is 368 g/mol. The second-order valence-corrected chi connectivity index (χ2v) is 7.23. The molecule has 29 heavy (non-hydrogen) atoms. The van der Waals surface area contributed by atoms with Crippen LogP contribution in [0.1, 0.15) is 35.3 Å². The Balaban J connectivity index is 1.63. The van der Waals surface area contributed by atoms with E-state index in [-0.39, 0.29) is 5.56 Å². The Labute approximate surface area is 169 Å². The summed E-state index contributed by atoms with van der Waals surface area (Å²) in [5.41, 5.74) is 2.30. The van der Waals surface area contributed by atoms with Crippen molar-refractivity contribution >= 4 is 5.97 Å². The second-order valence-electron chi connectivity index (χ2n) is 7.23. The maximum absolute atomic E-state index is 12.6. The summed E-state index contributed by atoms with van der Waals surface area (Å²) < 4.78 is 23.2. The van der Waals surface area contributed by atoms with Gasteiger partial charge in [-0.15, -0.1) is 0 Å². The van der Waals surface area contributed by atoms with Gasteiger partial charge in [0.1, 0.15) is 36.0 Å². The van der Waals surface area contributed by atoms with E-state index in [1.807, 2.05) is 60.7 Å². The van der Waals surface area contributed by atoms with Gasteiger partial charge in [0, 0.05) is 26.0 Å². The minimum atomic E-state index is -1.06. The van der Waals surface area contributed by atoms with E-state index in [1.54, 1.807) is 26.0 Å². The number of carbonyl (C=O) groups is 1. The fourth-order valence-electron chi connectivity index (χ4n) is 3.08. The minimum absolute atomic E-state index is 0.271. The molecule has 5 heteroatoms. The Morgan fingerprint density at radius 2 is 1.38 bits per heavy atom. The molecule has 0 spiro atoms. The molecule has 0 aromatic heterocycles. The topological polar surface area (TPSA) is 54.0 Å². The maximum Gasteiger partial charge on any atom is 0.349 e. The molecule has 5 nitrogen and oxygen atoms in total. The largest absolute Gasteiger partial charge is 0.489 e. The van der Waals surface area contributed by atoms with E-state index in [1.165, 1.54) is 0 Å². The van der Waals surface area contributed by atoms with E-state index >= 15 is 0 Å². The highest BCUT2D eigenvalue weighted by molar-refractivity contribution is 5.97. The first-order valence-corrected chi connectivity index (χ1v) is 9.44. The lowest BCUT2D eigenvalue weighted by Gasteiger charge is -2.32. The van der Waals surface area contributed by atoms with E-state index in [0.717, 1.165) is 11.1 Å². The third-order valence-corrected chi connectivity index (χ3v) is 4.42. The lowest BCUT2D eigenvalue weighted by atomic mass is 10.1. The Morgan fingerprint density at radius 3 is 2.00 bits per heavy atom. The van der Waals surface area contributed by atoms with E-state index in [2.05, 4.69) is 0 Å². The van der Waals surface area contributed by atoms with Crippen LogP contribution in [0.3, 0.4) is 0 Å². The zero-order chi connectivity index (χ0) is 20.3. The van der Waals surface area contributed by atoms with Crippen molar-refractivity contribution in [3.63, 3.8) is 0 Å². The SMILES string of the molecule is CC1(C)OC(=O)c2c(OCc3ccccc3)cc(OCc3ccccc3)cc2O1. The quantitative estimate of drug-likeness (QED) is 0.546. The molecule has 0 bridgehead atoms. The van der Waals surface area contributed by atoms with Gasteiger partial charge in [-0.25, -0.2) is 4.79 Å². The molecule has 3 aromatic rings. The van der Waals surface area contributed by atoms with Crippen LogP contribution in [-0.2, 0) is 18.0 Å². The first kappa shape index (κ1) is 18.9. The van der Waals surface area contributed by atoms with Crippen molar-refractivity contribution in [2.75, 3.05) is 0 Å². The van der Waals surface area contributed by atoms with Gasteiger partial charge in [0.2, 0.25) is 5.79 Å². The molecule has 0 aliphatic carbocycles. The number of esters is 1. The first-order chi connectivity index (χ1) is 14.0. The average molecular weight is 390 g/mol. The van der Waals surface area contributed by atoms with Crippen LogP contribution in [0, 0.1) is 0 Å². The molecule has 3 aromatic carbocycles. The zero-order valence-corrected chi connectivity index (χ0v) is 16.4. The van der Waals surface area contributed by atoms with E-state index in [0.29, 0.717) is 30.5 Å². The van der Waals surface area contributed by atoms with Crippen molar-refractivity contribution in [3.05, 3.63) is 89.5 Å². The van der Waals surface area contributed by atoms with Crippen LogP contribution in [0.4, 0.5) is 0 Å². The molecule has 0 radical (unpaired) electrons. The van der Waals surface area contributed by atoms with Crippen LogP contribution < -0.4 is 14.2 Å². The summed E-state index contributed by atoms with van der Waals surface area (Å²) in [6.45, 7) is 4.09. The van der Waals surface area contributed by atoms with Crippen molar-refractivity contribution in [2.45, 2.75) is 32.8 Å². The van der Waals surface area contributed by atoms with E-state index < -0.39 is 11.8 Å². The Hall–Kier alpha value is -3.47. The molecule has 1 aliphatic heterocycles. The molecule has 0 atom stereocenters. The van der Waals surface area contributed by atoms with Crippen LogP contribution in [0.2, 0.25) is 0 Å². The normalized spacial score (nSPS) is 14.3. The fraction of sp³-hybridized carbons (Fsp3) is 0.208. The van der Waals surface area contributed by atoms with Crippen LogP contribution >= 0.6 is 0 Å². The van der Waals surface area contributed by atoms with Crippen molar-refractivity contribution < 1.29 is 23.7 Å². The zero-order valence-electron chi connectivity index (χ0n) is 16.4. The predicted octanol–water partition coefficient (Wildman–Crippen LogP) is 5.13. The number of fused-ring (bicyclic) bond motifs is 1. The summed E-state index contributed by atoms with van der Waals surface area (Å²) in [6.07, 6.45) is 0. The highest BCUT2D eigenvalue weighted by Gasteiger charge is 2.37. The summed E-state index contributed by atoms with van der Waals surface area (Å²) in [7, 11) is 0. The molecule has 0 unspecified atom stereocenters. The predicted molar refractivity (Wildman–Crippen MR) is 108 cm³/mol. The molecule has 0 saturated heterocycles. The van der Waals surface area contributed by atoms with Gasteiger partial charge < -0.3 is 18.9 Å². The lowest BCUT2D eigenvalue weighted by Crippen LogP contribution is -2.39. The highest BCUT2D eigenvalue weighted by Crippen LogP contribution is 2.41. The van der Waals surface area contributed by atoms with Gasteiger partial charge in [-0.2, -0.15) is 0 Å². The summed E-state index contributed by atoms with van der Waals surface area (Å²) in [4.78, 5) is 12.6. The fourth-order valence-corrected chi connectivity index (χ4v) is 3.08. The molecule has 1 aliphatic rings. The Kier molecular flexibility index (Phi) is 5.12. The lowest BCUT2D eigenvalue weighted by molar-refractivity contribution is -0.127. The average Bonchev–Trinajstić information content (AvgIpc) is 2.71. The molecule has 0 saturated carbocycles. The first-order valence-electron chi connectivity index (χ1n) is 9.44. The van der Waals surface area contributed by atoms with Crippen LogP contribution in [0.5, 0.6) is 17.2 Å². The third-order valence-electron chi connectivity index (χ3n) is 4.42. The Morgan fingerprint density at radius 1 is 0.793 bits per heavy atom. The maximum atomic E-state index is 12.6. The van der Waals surface area contributed by atoms with Crippen LogP contribution in [0.25, 0.3) is 0 Å². The molecule has 1 heterocycles. The van der Waals surface area contributed by atoms with Crippen molar-refractivity contribution in [1.82, 2.24) is 0 Å². The van der Waals surface area contributed by atoms with Gasteiger partial charge in [0.05, 0.1) is 0 Å². The summed E-state index contributed by atoms with van der Waals surface area (Å²) >= 11 is 0. The second kappa shape index (κ2) is 7.87. The standard InChI is InChI=1S/C24H22O5/c1-24(2)28-21-14-19(26-15-17-9-5-3-6-10-17)13-20(22(21)23(25)29-24)27-16-18-11-7-4-8-12-18/h3-14H,15-16H2,1-2H3. The number of cyclic esters (lactones) is 1. The van der Waals surface area contributed by atoms with E-state index in [9.17, 15) is 4.79 Å². The molecule has 148 valence electrons. The molecule has 0 amide bonds. The molecular formula is C24H22O5. The Bertz CT molecular complexity index is 997. The number of carbonyl (C=O) groups excluding carboxylic acids is 1. The van der Waals surface area contributed by atoms with Gasteiger partial charge in [-0.3, -0.25) is 0 Å². The summed E-state index contributed by atoms with van der Waals surface area (Å²) in [6, 6.07) is 23.0. The van der Waals surface area contributed by atoms with E-state index in [4.69, 9.17) is 18.9 Å². The number of hydrogen-bond donors (Lipinski definition) is 0. The van der Waals surface area contributed by atoms with Crippen molar-refractivity contribution in [1.29, 1.82) is 0 Å². The number of benzene rings is 3. The number of rotatable bonds is 6. The van der Waals surface area contributed by atoms with Gasteiger partial charge in [0.15, 0.2) is 0 Å².